The van der Waals surface area contributed by atoms with E-state index in [1.165, 1.54) is 12.1 Å². The minimum Gasteiger partial charge on any atom is -0.423 e. The van der Waals surface area contributed by atoms with Crippen LogP contribution < -0.4 is 4.74 Å². The summed E-state index contributed by atoms with van der Waals surface area (Å²) in [6, 6.07) is 7.76. The molecular formula is C13H6Br2I2O5S. The highest BCUT2D eigenvalue weighted by molar-refractivity contribution is 14.1. The molecule has 0 heterocycles. The standard InChI is InChI=1S/C13H6Br2I2O5S/c14-6-1-2-8(9(15)3-6)13(18)22-7-4-10(16)12(11(17)5-7)23(19,20)21/h1-5H,(H,19,20,21). The highest BCUT2D eigenvalue weighted by Gasteiger charge is 2.21. The fourth-order valence-corrected chi connectivity index (χ4v) is 6.86. The molecule has 0 atom stereocenters. The highest BCUT2D eigenvalue weighted by Crippen LogP contribution is 2.30. The maximum absolute atomic E-state index is 12.2. The summed E-state index contributed by atoms with van der Waals surface area (Å²) in [6.45, 7) is 0. The van der Waals surface area contributed by atoms with E-state index in [0.29, 0.717) is 10.0 Å². The van der Waals surface area contributed by atoms with Crippen molar-refractivity contribution in [2.24, 2.45) is 0 Å². The summed E-state index contributed by atoms with van der Waals surface area (Å²) >= 11 is 10.1. The molecule has 122 valence electrons. The van der Waals surface area contributed by atoms with Crippen molar-refractivity contribution in [3.05, 3.63) is 52.0 Å². The van der Waals surface area contributed by atoms with Crippen LogP contribution in [-0.2, 0) is 10.1 Å². The van der Waals surface area contributed by atoms with Gasteiger partial charge < -0.3 is 4.74 Å². The van der Waals surface area contributed by atoms with Gasteiger partial charge in [0, 0.05) is 16.1 Å². The van der Waals surface area contributed by atoms with Crippen LogP contribution in [0.4, 0.5) is 0 Å². The SMILES string of the molecule is O=C(Oc1cc(I)c(S(=O)(=O)O)c(I)c1)c1ccc(Br)cc1Br. The molecular weight excluding hydrogens is 682 g/mol. The second-order valence-corrected chi connectivity index (χ2v) is 9.66. The van der Waals surface area contributed by atoms with Gasteiger partial charge in [0.25, 0.3) is 10.1 Å². The van der Waals surface area contributed by atoms with Crippen LogP contribution >= 0.6 is 77.0 Å². The van der Waals surface area contributed by atoms with Crippen LogP contribution in [0.5, 0.6) is 5.75 Å². The van der Waals surface area contributed by atoms with Gasteiger partial charge in [-0.2, -0.15) is 8.42 Å². The van der Waals surface area contributed by atoms with Crippen LogP contribution in [0.15, 0.2) is 44.2 Å². The van der Waals surface area contributed by atoms with E-state index in [1.807, 2.05) is 0 Å². The smallest absolute Gasteiger partial charge is 0.344 e. The van der Waals surface area contributed by atoms with Crippen molar-refractivity contribution < 1.29 is 22.5 Å². The molecule has 2 rings (SSSR count). The predicted octanol–water partition coefficient (Wildman–Crippen LogP) is 4.89. The quantitative estimate of drug-likeness (QED) is 0.215. The van der Waals surface area contributed by atoms with Gasteiger partial charge >= 0.3 is 5.97 Å². The van der Waals surface area contributed by atoms with E-state index in [0.717, 1.165) is 4.47 Å². The lowest BCUT2D eigenvalue weighted by atomic mass is 10.2. The molecule has 0 saturated carbocycles. The monoisotopic (exact) mass is 686 g/mol. The Hall–Kier alpha value is 0.240. The normalized spacial score (nSPS) is 11.3. The lowest BCUT2D eigenvalue weighted by Gasteiger charge is -2.10. The van der Waals surface area contributed by atoms with E-state index in [4.69, 9.17) is 4.74 Å². The second kappa shape index (κ2) is 7.64. The lowest BCUT2D eigenvalue weighted by molar-refractivity contribution is 0.0733. The molecule has 0 saturated heterocycles. The van der Waals surface area contributed by atoms with E-state index in [1.54, 1.807) is 63.4 Å². The summed E-state index contributed by atoms with van der Waals surface area (Å²) in [5.74, 6) is -0.401. The van der Waals surface area contributed by atoms with Crippen molar-refractivity contribution in [1.82, 2.24) is 0 Å². The molecule has 0 spiro atoms. The Kier molecular flexibility index (Phi) is 6.50. The zero-order valence-electron chi connectivity index (χ0n) is 10.9. The van der Waals surface area contributed by atoms with Gasteiger partial charge in [-0.3, -0.25) is 4.55 Å². The topological polar surface area (TPSA) is 80.7 Å². The van der Waals surface area contributed by atoms with Crippen molar-refractivity contribution in [3.63, 3.8) is 0 Å². The van der Waals surface area contributed by atoms with Gasteiger partial charge in [0.05, 0.1) is 5.56 Å². The molecule has 0 aliphatic heterocycles. The molecule has 0 aliphatic carbocycles. The number of rotatable bonds is 3. The van der Waals surface area contributed by atoms with E-state index in [2.05, 4.69) is 31.9 Å². The summed E-state index contributed by atoms with van der Waals surface area (Å²) in [5.41, 5.74) is 0.331. The maximum Gasteiger partial charge on any atom is 0.344 e. The zero-order chi connectivity index (χ0) is 17.4. The molecule has 2 aromatic rings. The summed E-state index contributed by atoms with van der Waals surface area (Å²) < 4.78 is 39.0. The third kappa shape index (κ3) is 4.87. The Labute approximate surface area is 176 Å². The van der Waals surface area contributed by atoms with Crippen LogP contribution in [0.1, 0.15) is 10.4 Å². The largest absolute Gasteiger partial charge is 0.423 e. The summed E-state index contributed by atoms with van der Waals surface area (Å²) in [4.78, 5) is 12.0. The molecule has 0 aliphatic rings. The van der Waals surface area contributed by atoms with Gasteiger partial charge in [0.1, 0.15) is 10.6 Å². The zero-order valence-corrected chi connectivity index (χ0v) is 19.2. The summed E-state index contributed by atoms with van der Waals surface area (Å²) in [7, 11) is -4.34. The van der Waals surface area contributed by atoms with E-state index in [-0.39, 0.29) is 17.8 Å². The fourth-order valence-electron chi connectivity index (χ4n) is 1.66. The number of halogens is 4. The molecule has 0 fully saturated rings. The molecule has 23 heavy (non-hydrogen) atoms. The summed E-state index contributed by atoms with van der Waals surface area (Å²) in [5, 5.41) is 0. The van der Waals surface area contributed by atoms with Gasteiger partial charge in [-0.15, -0.1) is 0 Å². The van der Waals surface area contributed by atoms with Crippen LogP contribution in [0, 0.1) is 7.14 Å². The minimum atomic E-state index is -4.34. The number of hydrogen-bond acceptors (Lipinski definition) is 4. The molecule has 5 nitrogen and oxygen atoms in total. The predicted molar refractivity (Wildman–Crippen MR) is 108 cm³/mol. The average Bonchev–Trinajstić information content (AvgIpc) is 2.35. The van der Waals surface area contributed by atoms with Crippen molar-refractivity contribution in [3.8, 4) is 5.75 Å². The highest BCUT2D eigenvalue weighted by atomic mass is 127. The Bertz CT molecular complexity index is 876. The Balaban J connectivity index is 2.36. The molecule has 0 unspecified atom stereocenters. The number of esters is 1. The first-order chi connectivity index (χ1) is 10.6. The first-order valence-electron chi connectivity index (χ1n) is 5.73. The van der Waals surface area contributed by atoms with Gasteiger partial charge in [-0.1, -0.05) is 15.9 Å². The Morgan fingerprint density at radius 1 is 1.09 bits per heavy atom. The minimum absolute atomic E-state index is 0.186. The van der Waals surface area contributed by atoms with Crippen LogP contribution in [0.3, 0.4) is 0 Å². The van der Waals surface area contributed by atoms with Crippen molar-refractivity contribution in [2.75, 3.05) is 0 Å². The molecule has 10 heteroatoms. The van der Waals surface area contributed by atoms with Gasteiger partial charge in [0.2, 0.25) is 0 Å². The second-order valence-electron chi connectivity index (χ2n) is 4.20. The molecule has 0 amide bonds. The van der Waals surface area contributed by atoms with E-state index < -0.39 is 16.1 Å². The van der Waals surface area contributed by atoms with Crippen molar-refractivity contribution in [1.29, 1.82) is 0 Å². The number of ether oxygens (including phenoxy) is 1. The third-order valence-electron chi connectivity index (χ3n) is 2.59. The third-order valence-corrected chi connectivity index (χ3v) is 7.13. The van der Waals surface area contributed by atoms with Crippen LogP contribution in [-0.4, -0.2) is 18.9 Å². The van der Waals surface area contributed by atoms with Crippen LogP contribution in [0.25, 0.3) is 0 Å². The molecule has 0 aromatic heterocycles. The number of hydrogen-bond donors (Lipinski definition) is 1. The van der Waals surface area contributed by atoms with E-state index >= 15 is 0 Å². The van der Waals surface area contributed by atoms with Crippen molar-refractivity contribution in [2.45, 2.75) is 4.90 Å². The average molecular weight is 688 g/mol. The Morgan fingerprint density at radius 2 is 1.65 bits per heavy atom. The fraction of sp³-hybridized carbons (Fsp3) is 0. The van der Waals surface area contributed by atoms with Gasteiger partial charge in [-0.05, 0) is 91.4 Å². The molecule has 1 N–H and O–H groups in total. The van der Waals surface area contributed by atoms with Gasteiger partial charge in [-0.25, -0.2) is 4.79 Å². The lowest BCUT2D eigenvalue weighted by Crippen LogP contribution is -2.11. The maximum atomic E-state index is 12.2. The Morgan fingerprint density at radius 3 is 2.13 bits per heavy atom. The first kappa shape index (κ1) is 19.6. The van der Waals surface area contributed by atoms with Gasteiger partial charge in [0.15, 0.2) is 0 Å². The molecule has 2 aromatic carbocycles. The van der Waals surface area contributed by atoms with Crippen LogP contribution in [0.2, 0.25) is 0 Å². The summed E-state index contributed by atoms with van der Waals surface area (Å²) in [6.07, 6.45) is 0. The van der Waals surface area contributed by atoms with Crippen molar-refractivity contribution >= 4 is 93.1 Å². The molecule has 0 radical (unpaired) electrons. The number of carbonyl (C=O) groups is 1. The molecule has 0 bridgehead atoms. The number of carbonyl (C=O) groups excluding carboxylic acids is 1. The first-order valence-corrected chi connectivity index (χ1v) is 10.9. The number of benzene rings is 2. The van der Waals surface area contributed by atoms with E-state index in [9.17, 15) is 17.8 Å².